The lowest BCUT2D eigenvalue weighted by molar-refractivity contribution is 0.0998. The summed E-state index contributed by atoms with van der Waals surface area (Å²) in [5, 5.41) is 13.3. The number of nitrogens with one attached hydrogen (secondary N) is 1. The predicted molar refractivity (Wildman–Crippen MR) is 102 cm³/mol. The summed E-state index contributed by atoms with van der Waals surface area (Å²) < 4.78 is 3.84. The van der Waals surface area contributed by atoms with Crippen molar-refractivity contribution >= 4 is 16.9 Å². The minimum Gasteiger partial charge on any atom is -0.365 e. The maximum atomic E-state index is 11.5. The number of pyridine rings is 1. The van der Waals surface area contributed by atoms with Crippen molar-refractivity contribution in [2.24, 2.45) is 11.7 Å². The first kappa shape index (κ1) is 17.7. The molecular formula is C19H25N7O. The summed E-state index contributed by atoms with van der Waals surface area (Å²) in [6, 6.07) is 2.44. The van der Waals surface area contributed by atoms with Gasteiger partial charge in [0, 0.05) is 30.7 Å². The Balaban J connectivity index is 1.37. The molecule has 0 saturated carbocycles. The molecule has 0 aromatic carbocycles. The molecule has 0 saturated heterocycles. The number of rotatable bonds is 6. The highest BCUT2D eigenvalue weighted by Crippen LogP contribution is 2.22. The topological polar surface area (TPSA) is 104 Å². The number of carbonyl (C=O) groups excluding carboxylic acids is 1. The highest BCUT2D eigenvalue weighted by Gasteiger charge is 2.24. The van der Waals surface area contributed by atoms with E-state index < -0.39 is 5.91 Å². The van der Waals surface area contributed by atoms with Gasteiger partial charge in [-0.1, -0.05) is 0 Å². The highest BCUT2D eigenvalue weighted by atomic mass is 16.1. The Morgan fingerprint density at radius 1 is 1.33 bits per heavy atom. The van der Waals surface area contributed by atoms with E-state index in [1.54, 1.807) is 6.20 Å². The molecule has 0 unspecified atom stereocenters. The average Bonchev–Trinajstić information content (AvgIpc) is 3.25. The fourth-order valence-electron chi connectivity index (χ4n) is 3.76. The van der Waals surface area contributed by atoms with Crippen molar-refractivity contribution in [3.8, 4) is 0 Å². The van der Waals surface area contributed by atoms with Crippen LogP contribution in [0.4, 0.5) is 0 Å². The first-order valence-electron chi connectivity index (χ1n) is 9.40. The molecule has 3 aromatic rings. The third-order valence-electron chi connectivity index (χ3n) is 5.19. The molecule has 0 spiro atoms. The van der Waals surface area contributed by atoms with Gasteiger partial charge in [-0.05, 0) is 50.8 Å². The lowest BCUT2D eigenvalue weighted by Gasteiger charge is -2.24. The Bertz CT molecular complexity index is 972. The number of carbonyl (C=O) groups is 1. The van der Waals surface area contributed by atoms with E-state index >= 15 is 0 Å². The molecule has 4 rings (SSSR count). The van der Waals surface area contributed by atoms with Crippen molar-refractivity contribution < 1.29 is 4.79 Å². The minimum atomic E-state index is -0.397. The summed E-state index contributed by atoms with van der Waals surface area (Å²) in [5.41, 5.74) is 9.03. The normalized spacial score (nSPS) is 16.8. The molecular weight excluding hydrogens is 342 g/mol. The molecule has 0 bridgehead atoms. The van der Waals surface area contributed by atoms with Crippen LogP contribution in [-0.2, 0) is 19.5 Å². The van der Waals surface area contributed by atoms with Crippen molar-refractivity contribution in [1.29, 1.82) is 0 Å². The fourth-order valence-corrected chi connectivity index (χ4v) is 3.76. The Morgan fingerprint density at radius 3 is 2.96 bits per heavy atom. The number of hydrogen-bond donors (Lipinski definition) is 2. The first-order chi connectivity index (χ1) is 13.0. The zero-order valence-corrected chi connectivity index (χ0v) is 15.7. The van der Waals surface area contributed by atoms with Crippen molar-refractivity contribution in [1.82, 2.24) is 29.9 Å². The minimum absolute atomic E-state index is 0.295. The van der Waals surface area contributed by atoms with Crippen LogP contribution in [0.15, 0.2) is 24.7 Å². The van der Waals surface area contributed by atoms with Gasteiger partial charge in [0.2, 0.25) is 0 Å². The van der Waals surface area contributed by atoms with Crippen LogP contribution in [0.1, 0.15) is 47.9 Å². The lowest BCUT2D eigenvalue weighted by Crippen LogP contribution is -2.30. The highest BCUT2D eigenvalue weighted by molar-refractivity contribution is 5.93. The number of hydrogen-bond acceptors (Lipinski definition) is 5. The van der Waals surface area contributed by atoms with Crippen molar-refractivity contribution in [3.63, 3.8) is 0 Å². The van der Waals surface area contributed by atoms with Gasteiger partial charge in [-0.15, -0.1) is 0 Å². The number of amides is 1. The maximum absolute atomic E-state index is 11.5. The Morgan fingerprint density at radius 2 is 2.19 bits per heavy atom. The molecule has 1 atom stereocenters. The van der Waals surface area contributed by atoms with E-state index in [0.29, 0.717) is 17.5 Å². The quantitative estimate of drug-likeness (QED) is 0.690. The van der Waals surface area contributed by atoms with Gasteiger partial charge in [-0.2, -0.15) is 10.2 Å². The Hall–Kier alpha value is -2.74. The number of fused-ring (bicyclic) bond motifs is 2. The standard InChI is InChI=1S/C19H25N7O/c1-12(2)26-19-15(10-24-26)5-14(9-22-19)8-21-7-13-3-4-25-17(6-13)16(11-23-25)18(20)27/h5,9-13,21H,3-4,6-8H2,1-2H3,(H2,20,27)/t13-/m1/s1. The number of aromatic nitrogens is 5. The third kappa shape index (κ3) is 3.44. The summed E-state index contributed by atoms with van der Waals surface area (Å²) >= 11 is 0. The molecule has 4 heterocycles. The Labute approximate surface area is 157 Å². The van der Waals surface area contributed by atoms with E-state index in [9.17, 15) is 4.79 Å². The van der Waals surface area contributed by atoms with Crippen LogP contribution in [0.3, 0.4) is 0 Å². The molecule has 1 amide bonds. The Kier molecular flexibility index (Phi) is 4.65. The van der Waals surface area contributed by atoms with Gasteiger partial charge >= 0.3 is 0 Å². The molecule has 1 aliphatic rings. The number of aryl methyl sites for hydroxylation is 1. The smallest absolute Gasteiger partial charge is 0.252 e. The van der Waals surface area contributed by atoms with Crippen LogP contribution in [0.5, 0.6) is 0 Å². The summed E-state index contributed by atoms with van der Waals surface area (Å²) in [7, 11) is 0. The van der Waals surface area contributed by atoms with Gasteiger partial charge in [-0.25, -0.2) is 9.67 Å². The van der Waals surface area contributed by atoms with Crippen LogP contribution in [0.2, 0.25) is 0 Å². The number of nitrogens with two attached hydrogens (primary N) is 1. The van der Waals surface area contributed by atoms with E-state index in [2.05, 4.69) is 40.4 Å². The molecule has 1 aliphatic heterocycles. The second-order valence-corrected chi connectivity index (χ2v) is 7.52. The van der Waals surface area contributed by atoms with E-state index in [-0.39, 0.29) is 0 Å². The van der Waals surface area contributed by atoms with Crippen LogP contribution in [-0.4, -0.2) is 37.0 Å². The largest absolute Gasteiger partial charge is 0.365 e. The monoisotopic (exact) mass is 367 g/mol. The zero-order chi connectivity index (χ0) is 19.0. The summed E-state index contributed by atoms with van der Waals surface area (Å²) in [5.74, 6) is 0.0684. The van der Waals surface area contributed by atoms with Gasteiger partial charge in [0.1, 0.15) is 0 Å². The van der Waals surface area contributed by atoms with E-state index in [0.717, 1.165) is 54.8 Å². The molecule has 0 radical (unpaired) electrons. The second kappa shape index (κ2) is 7.11. The van der Waals surface area contributed by atoms with Gasteiger partial charge < -0.3 is 11.1 Å². The van der Waals surface area contributed by atoms with Crippen LogP contribution in [0, 0.1) is 5.92 Å². The van der Waals surface area contributed by atoms with E-state index in [1.165, 1.54) is 0 Å². The zero-order valence-electron chi connectivity index (χ0n) is 15.7. The van der Waals surface area contributed by atoms with Gasteiger partial charge in [0.25, 0.3) is 5.91 Å². The summed E-state index contributed by atoms with van der Waals surface area (Å²) in [6.07, 6.45) is 7.24. The molecule has 142 valence electrons. The molecule has 27 heavy (non-hydrogen) atoms. The van der Waals surface area contributed by atoms with E-state index in [1.807, 2.05) is 21.8 Å². The third-order valence-corrected chi connectivity index (χ3v) is 5.19. The maximum Gasteiger partial charge on any atom is 0.252 e. The number of primary amides is 1. The first-order valence-corrected chi connectivity index (χ1v) is 9.40. The molecule has 0 fully saturated rings. The molecule has 0 aliphatic carbocycles. The van der Waals surface area contributed by atoms with Crippen molar-refractivity contribution in [3.05, 3.63) is 41.5 Å². The second-order valence-electron chi connectivity index (χ2n) is 7.52. The van der Waals surface area contributed by atoms with Crippen molar-refractivity contribution in [2.75, 3.05) is 6.54 Å². The van der Waals surface area contributed by atoms with Crippen LogP contribution < -0.4 is 11.1 Å². The number of nitrogens with zero attached hydrogens (tertiary/aromatic N) is 5. The van der Waals surface area contributed by atoms with Crippen molar-refractivity contribution in [2.45, 2.75) is 45.8 Å². The van der Waals surface area contributed by atoms with Crippen LogP contribution in [0.25, 0.3) is 11.0 Å². The van der Waals surface area contributed by atoms with Gasteiger partial charge in [-0.3, -0.25) is 9.48 Å². The molecule has 8 nitrogen and oxygen atoms in total. The molecule has 8 heteroatoms. The summed E-state index contributed by atoms with van der Waals surface area (Å²) in [6.45, 7) is 6.67. The predicted octanol–water partition coefficient (Wildman–Crippen LogP) is 1.66. The van der Waals surface area contributed by atoms with Crippen LogP contribution >= 0.6 is 0 Å². The van der Waals surface area contributed by atoms with Gasteiger partial charge in [0.15, 0.2) is 5.65 Å². The summed E-state index contributed by atoms with van der Waals surface area (Å²) in [4.78, 5) is 16.1. The van der Waals surface area contributed by atoms with Gasteiger partial charge in [0.05, 0.1) is 23.7 Å². The fraction of sp³-hybridized carbons (Fsp3) is 0.474. The van der Waals surface area contributed by atoms with E-state index in [4.69, 9.17) is 5.73 Å². The SMILES string of the molecule is CC(C)n1ncc2cc(CNC[C@@H]3CCn4ncc(C(N)=O)c4C3)cnc21. The molecule has 3 N–H and O–H groups in total. The molecule has 3 aromatic heterocycles. The average molecular weight is 367 g/mol. The lowest BCUT2D eigenvalue weighted by atomic mass is 9.94.